The predicted molar refractivity (Wildman–Crippen MR) is 75.6 cm³/mol. The molecule has 1 aromatic carbocycles. The van der Waals surface area contributed by atoms with Gasteiger partial charge in [-0.15, -0.1) is 0 Å². The van der Waals surface area contributed by atoms with Crippen molar-refractivity contribution in [2.45, 2.75) is 31.8 Å². The summed E-state index contributed by atoms with van der Waals surface area (Å²) in [7, 11) is 0. The lowest BCUT2D eigenvalue weighted by atomic mass is 10.1. The lowest BCUT2D eigenvalue weighted by Gasteiger charge is -2.25. The van der Waals surface area contributed by atoms with Crippen LogP contribution < -0.4 is 0 Å². The Balaban J connectivity index is 1.67. The first-order valence-electron chi connectivity index (χ1n) is 7.30. The van der Waals surface area contributed by atoms with Crippen LogP contribution in [0.5, 0.6) is 0 Å². The first kappa shape index (κ1) is 12.7. The van der Waals surface area contributed by atoms with Gasteiger partial charge in [-0.25, -0.2) is 0 Å². The molecule has 0 unspecified atom stereocenters. The van der Waals surface area contributed by atoms with Gasteiger partial charge in [0.1, 0.15) is 0 Å². The second-order valence-corrected chi connectivity index (χ2v) is 5.73. The van der Waals surface area contributed by atoms with Crippen LogP contribution in [0.15, 0.2) is 24.3 Å². The van der Waals surface area contributed by atoms with E-state index in [2.05, 4.69) is 21.9 Å². The lowest BCUT2D eigenvalue weighted by Crippen LogP contribution is -2.36. The third-order valence-corrected chi connectivity index (χ3v) is 4.35. The van der Waals surface area contributed by atoms with E-state index in [1.807, 2.05) is 18.2 Å². The molecule has 0 radical (unpaired) electrons. The molecule has 3 rings (SSSR count). The van der Waals surface area contributed by atoms with Crippen LogP contribution in [0.1, 0.15) is 30.4 Å². The normalized spacial score (nSPS) is 24.7. The van der Waals surface area contributed by atoms with Crippen LogP contribution in [-0.4, -0.2) is 42.0 Å². The smallest absolute Gasteiger partial charge is 0.0991 e. The van der Waals surface area contributed by atoms with E-state index in [9.17, 15) is 0 Å². The molecule has 0 N–H and O–H groups in total. The Morgan fingerprint density at radius 3 is 3.00 bits per heavy atom. The van der Waals surface area contributed by atoms with Crippen molar-refractivity contribution in [1.29, 1.82) is 5.26 Å². The van der Waals surface area contributed by atoms with Crippen LogP contribution >= 0.6 is 0 Å². The Kier molecular flexibility index (Phi) is 3.82. The van der Waals surface area contributed by atoms with Crippen LogP contribution in [0.25, 0.3) is 0 Å². The molecule has 0 aliphatic carbocycles. The van der Waals surface area contributed by atoms with Crippen molar-refractivity contribution in [3.8, 4) is 6.07 Å². The van der Waals surface area contributed by atoms with E-state index in [4.69, 9.17) is 5.26 Å². The Morgan fingerprint density at radius 2 is 2.11 bits per heavy atom. The van der Waals surface area contributed by atoms with Crippen LogP contribution in [0.4, 0.5) is 0 Å². The number of rotatable bonds is 2. The van der Waals surface area contributed by atoms with Gasteiger partial charge < -0.3 is 0 Å². The minimum atomic E-state index is 0.765. The number of hydrogen-bond acceptors (Lipinski definition) is 3. The van der Waals surface area contributed by atoms with Gasteiger partial charge in [0.25, 0.3) is 0 Å². The molecule has 19 heavy (non-hydrogen) atoms. The number of fused-ring (bicyclic) bond motifs is 1. The highest BCUT2D eigenvalue weighted by Crippen LogP contribution is 2.22. The van der Waals surface area contributed by atoms with Crippen LogP contribution in [0, 0.1) is 11.3 Å². The fourth-order valence-corrected chi connectivity index (χ4v) is 3.42. The summed E-state index contributed by atoms with van der Waals surface area (Å²) in [6.07, 6.45) is 3.99. The zero-order valence-electron chi connectivity index (χ0n) is 11.4. The van der Waals surface area contributed by atoms with Gasteiger partial charge in [0.15, 0.2) is 0 Å². The van der Waals surface area contributed by atoms with Gasteiger partial charge in [-0.05, 0) is 56.6 Å². The highest BCUT2D eigenvalue weighted by molar-refractivity contribution is 5.32. The van der Waals surface area contributed by atoms with Gasteiger partial charge in [-0.2, -0.15) is 5.26 Å². The first-order valence-corrected chi connectivity index (χ1v) is 7.30. The minimum absolute atomic E-state index is 0.765. The molecular weight excluding hydrogens is 234 g/mol. The summed E-state index contributed by atoms with van der Waals surface area (Å²) < 4.78 is 0. The summed E-state index contributed by atoms with van der Waals surface area (Å²) in [6, 6.07) is 11.0. The summed E-state index contributed by atoms with van der Waals surface area (Å²) in [5, 5.41) is 8.97. The van der Waals surface area contributed by atoms with Gasteiger partial charge >= 0.3 is 0 Å². The Morgan fingerprint density at radius 1 is 1.21 bits per heavy atom. The second kappa shape index (κ2) is 5.73. The topological polar surface area (TPSA) is 30.3 Å². The van der Waals surface area contributed by atoms with Crippen molar-refractivity contribution in [3.05, 3.63) is 35.4 Å². The Hall–Kier alpha value is -1.37. The van der Waals surface area contributed by atoms with Crippen molar-refractivity contribution in [2.75, 3.05) is 26.2 Å². The van der Waals surface area contributed by atoms with Gasteiger partial charge in [-0.1, -0.05) is 12.1 Å². The maximum absolute atomic E-state index is 8.97. The van der Waals surface area contributed by atoms with Crippen LogP contribution in [0.3, 0.4) is 0 Å². The molecule has 3 nitrogen and oxygen atoms in total. The number of hydrogen-bond donors (Lipinski definition) is 0. The Labute approximate surface area is 115 Å². The molecule has 1 aromatic rings. The van der Waals surface area contributed by atoms with Crippen molar-refractivity contribution in [3.63, 3.8) is 0 Å². The molecule has 2 saturated heterocycles. The fraction of sp³-hybridized carbons (Fsp3) is 0.562. The monoisotopic (exact) mass is 255 g/mol. The molecule has 3 heteroatoms. The molecular formula is C16H21N3. The number of nitriles is 1. The molecule has 2 fully saturated rings. The van der Waals surface area contributed by atoms with Gasteiger partial charge in [-0.3, -0.25) is 9.80 Å². The minimum Gasteiger partial charge on any atom is -0.299 e. The second-order valence-electron chi connectivity index (χ2n) is 5.73. The molecule has 2 aliphatic heterocycles. The lowest BCUT2D eigenvalue weighted by molar-refractivity contribution is 0.215. The van der Waals surface area contributed by atoms with E-state index in [1.54, 1.807) is 0 Å². The largest absolute Gasteiger partial charge is 0.299 e. The molecule has 2 aliphatic rings. The third-order valence-electron chi connectivity index (χ3n) is 4.35. The van der Waals surface area contributed by atoms with E-state index < -0.39 is 0 Å². The predicted octanol–water partition coefficient (Wildman–Crippen LogP) is 2.23. The SMILES string of the molecule is N#Cc1cccc(CN2CCCN3CCC[C@@H]3C2)c1. The van der Waals surface area contributed by atoms with Crippen molar-refractivity contribution >= 4 is 0 Å². The van der Waals surface area contributed by atoms with Gasteiger partial charge in [0.05, 0.1) is 11.6 Å². The molecule has 0 saturated carbocycles. The molecule has 0 amide bonds. The molecule has 0 spiro atoms. The van der Waals surface area contributed by atoms with Crippen molar-refractivity contribution in [1.82, 2.24) is 9.80 Å². The van der Waals surface area contributed by atoms with E-state index in [0.29, 0.717) is 0 Å². The average Bonchev–Trinajstić information content (AvgIpc) is 2.78. The number of benzene rings is 1. The van der Waals surface area contributed by atoms with E-state index >= 15 is 0 Å². The Bertz CT molecular complexity index is 477. The fourth-order valence-electron chi connectivity index (χ4n) is 3.42. The standard InChI is InChI=1S/C16H21N3/c17-11-14-4-1-5-15(10-14)12-18-7-3-9-19-8-2-6-16(19)13-18/h1,4-5,10,16H,2-3,6-9,12-13H2/t16-/m1/s1. The molecule has 100 valence electrons. The van der Waals surface area contributed by atoms with Crippen molar-refractivity contribution < 1.29 is 0 Å². The summed E-state index contributed by atoms with van der Waals surface area (Å²) in [4.78, 5) is 5.22. The first-order chi connectivity index (χ1) is 9.35. The van der Waals surface area contributed by atoms with Gasteiger partial charge in [0.2, 0.25) is 0 Å². The van der Waals surface area contributed by atoms with Crippen molar-refractivity contribution in [2.24, 2.45) is 0 Å². The highest BCUT2D eigenvalue weighted by Gasteiger charge is 2.28. The number of nitrogens with zero attached hydrogens (tertiary/aromatic N) is 3. The zero-order chi connectivity index (χ0) is 13.1. The van der Waals surface area contributed by atoms with Crippen LogP contribution in [0.2, 0.25) is 0 Å². The van der Waals surface area contributed by atoms with Crippen LogP contribution in [-0.2, 0) is 6.54 Å². The summed E-state index contributed by atoms with van der Waals surface area (Å²) in [6.45, 7) is 5.92. The van der Waals surface area contributed by atoms with E-state index in [0.717, 1.165) is 18.2 Å². The molecule has 0 aromatic heterocycles. The molecule has 2 heterocycles. The quantitative estimate of drug-likeness (QED) is 0.812. The summed E-state index contributed by atoms with van der Waals surface area (Å²) in [5.41, 5.74) is 2.04. The maximum atomic E-state index is 8.97. The summed E-state index contributed by atoms with van der Waals surface area (Å²) >= 11 is 0. The zero-order valence-corrected chi connectivity index (χ0v) is 11.4. The molecule has 0 bridgehead atoms. The molecule has 1 atom stereocenters. The third kappa shape index (κ3) is 2.97. The maximum Gasteiger partial charge on any atom is 0.0991 e. The highest BCUT2D eigenvalue weighted by atomic mass is 15.3. The average molecular weight is 255 g/mol. The summed E-state index contributed by atoms with van der Waals surface area (Å²) in [5.74, 6) is 0. The van der Waals surface area contributed by atoms with Gasteiger partial charge in [0, 0.05) is 19.1 Å². The van der Waals surface area contributed by atoms with E-state index in [1.165, 1.54) is 51.0 Å². The van der Waals surface area contributed by atoms with E-state index in [-0.39, 0.29) is 0 Å².